The van der Waals surface area contributed by atoms with E-state index in [1.54, 1.807) is 49.4 Å². The number of benzene rings is 2. The van der Waals surface area contributed by atoms with E-state index < -0.39 is 17.9 Å². The third-order valence-electron chi connectivity index (χ3n) is 3.20. The van der Waals surface area contributed by atoms with Crippen molar-refractivity contribution in [3.63, 3.8) is 0 Å². The summed E-state index contributed by atoms with van der Waals surface area (Å²) in [4.78, 5) is 24.0. The van der Waals surface area contributed by atoms with E-state index in [0.717, 1.165) is 10.0 Å². The van der Waals surface area contributed by atoms with Gasteiger partial charge in [0.05, 0.1) is 0 Å². The lowest BCUT2D eigenvalue weighted by molar-refractivity contribution is -0.128. The summed E-state index contributed by atoms with van der Waals surface area (Å²) in [5.74, 6) is -0.326. The summed E-state index contributed by atoms with van der Waals surface area (Å²) >= 11 is 9.17. The molecular weight excluding hydrogens is 396 g/mol. The molecule has 0 aliphatic heterocycles. The van der Waals surface area contributed by atoms with Crippen molar-refractivity contribution >= 4 is 39.3 Å². The Kier molecular flexibility index (Phi) is 6.23. The molecule has 0 heterocycles. The van der Waals surface area contributed by atoms with Gasteiger partial charge in [0, 0.05) is 15.1 Å². The number of hydrogen-bond acceptors (Lipinski definition) is 3. The summed E-state index contributed by atoms with van der Waals surface area (Å²) in [6.45, 7) is 3.43. The number of rotatable bonds is 4. The van der Waals surface area contributed by atoms with E-state index in [1.165, 1.54) is 0 Å². The van der Waals surface area contributed by atoms with Gasteiger partial charge in [0.2, 0.25) is 0 Å². The Hall–Kier alpha value is -2.05. The number of carbonyl (C=O) groups excluding carboxylic acids is 2. The van der Waals surface area contributed by atoms with Gasteiger partial charge in [-0.05, 0) is 55.8 Å². The topological polar surface area (TPSA) is 67.4 Å². The molecule has 0 aromatic heterocycles. The minimum Gasteiger partial charge on any atom is -0.481 e. The van der Waals surface area contributed by atoms with Gasteiger partial charge in [0.15, 0.2) is 6.10 Å². The largest absolute Gasteiger partial charge is 0.481 e. The average molecular weight is 412 g/mol. The molecule has 0 aliphatic carbocycles. The van der Waals surface area contributed by atoms with Crippen LogP contribution < -0.4 is 15.6 Å². The maximum atomic E-state index is 12.0. The molecule has 0 unspecified atom stereocenters. The highest BCUT2D eigenvalue weighted by Gasteiger charge is 2.17. The summed E-state index contributed by atoms with van der Waals surface area (Å²) < 4.78 is 6.36. The average Bonchev–Trinajstić information content (AvgIpc) is 2.54. The van der Waals surface area contributed by atoms with Crippen LogP contribution in [0.2, 0.25) is 5.02 Å². The number of nitrogens with one attached hydrogen (secondary N) is 2. The van der Waals surface area contributed by atoms with E-state index >= 15 is 0 Å². The van der Waals surface area contributed by atoms with Gasteiger partial charge in [-0.1, -0.05) is 33.6 Å². The Morgan fingerprint density at radius 2 is 1.92 bits per heavy atom. The third kappa shape index (κ3) is 4.97. The molecule has 2 aromatic rings. The van der Waals surface area contributed by atoms with Gasteiger partial charge in [-0.15, -0.1) is 0 Å². The molecular formula is C17H16BrClN2O3. The summed E-state index contributed by atoms with van der Waals surface area (Å²) in [6, 6.07) is 12.0. The minimum absolute atomic E-state index is 0.417. The van der Waals surface area contributed by atoms with Gasteiger partial charge in [-0.25, -0.2) is 0 Å². The first-order valence-corrected chi connectivity index (χ1v) is 8.32. The van der Waals surface area contributed by atoms with E-state index in [9.17, 15) is 9.59 Å². The Bertz CT molecular complexity index is 767. The predicted octanol–water partition coefficient (Wildman–Crippen LogP) is 3.64. The molecule has 2 rings (SSSR count). The van der Waals surface area contributed by atoms with E-state index in [4.69, 9.17) is 16.3 Å². The van der Waals surface area contributed by atoms with Crippen LogP contribution >= 0.6 is 27.5 Å². The van der Waals surface area contributed by atoms with Gasteiger partial charge in [0.1, 0.15) is 5.75 Å². The maximum Gasteiger partial charge on any atom is 0.279 e. The summed E-state index contributed by atoms with van der Waals surface area (Å²) in [7, 11) is 0. The molecule has 0 bridgehead atoms. The fourth-order valence-corrected chi connectivity index (χ4v) is 2.54. The predicted molar refractivity (Wildman–Crippen MR) is 96.0 cm³/mol. The van der Waals surface area contributed by atoms with E-state index in [-0.39, 0.29) is 0 Å². The highest BCUT2D eigenvalue weighted by molar-refractivity contribution is 9.10. The summed E-state index contributed by atoms with van der Waals surface area (Å²) in [6.07, 6.45) is -0.785. The summed E-state index contributed by atoms with van der Waals surface area (Å²) in [5, 5.41) is 0.596. The highest BCUT2D eigenvalue weighted by Crippen LogP contribution is 2.22. The lowest BCUT2D eigenvalue weighted by Crippen LogP contribution is -2.47. The minimum atomic E-state index is -0.785. The fourth-order valence-electron chi connectivity index (χ4n) is 1.91. The quantitative estimate of drug-likeness (QED) is 0.755. The third-order valence-corrected chi connectivity index (χ3v) is 3.92. The maximum absolute atomic E-state index is 12.0. The van der Waals surface area contributed by atoms with Crippen molar-refractivity contribution in [3.05, 3.63) is 63.1 Å². The Morgan fingerprint density at radius 3 is 2.58 bits per heavy atom. The van der Waals surface area contributed by atoms with Crippen molar-refractivity contribution in [2.45, 2.75) is 20.0 Å². The van der Waals surface area contributed by atoms with Crippen LogP contribution in [0.15, 0.2) is 46.9 Å². The molecule has 2 aromatic carbocycles. The number of ether oxygens (including phenoxy) is 1. The second-order valence-electron chi connectivity index (χ2n) is 5.12. The number of hydrogen-bond donors (Lipinski definition) is 2. The van der Waals surface area contributed by atoms with E-state index in [0.29, 0.717) is 16.3 Å². The van der Waals surface area contributed by atoms with Crippen molar-refractivity contribution in [1.29, 1.82) is 0 Å². The zero-order chi connectivity index (χ0) is 17.7. The lowest BCUT2D eigenvalue weighted by Gasteiger charge is -2.16. The van der Waals surface area contributed by atoms with E-state index in [2.05, 4.69) is 26.8 Å². The molecule has 0 saturated heterocycles. The van der Waals surface area contributed by atoms with Crippen molar-refractivity contribution in [1.82, 2.24) is 10.9 Å². The molecule has 5 nitrogen and oxygen atoms in total. The van der Waals surface area contributed by atoms with Gasteiger partial charge in [-0.2, -0.15) is 0 Å². The van der Waals surface area contributed by atoms with Crippen molar-refractivity contribution in [3.8, 4) is 5.75 Å². The molecule has 1 atom stereocenters. The first kappa shape index (κ1) is 18.3. The highest BCUT2D eigenvalue weighted by atomic mass is 79.9. The molecule has 2 amide bonds. The number of amides is 2. The van der Waals surface area contributed by atoms with Crippen LogP contribution in [0.4, 0.5) is 0 Å². The molecule has 7 heteroatoms. The zero-order valence-electron chi connectivity index (χ0n) is 13.1. The van der Waals surface area contributed by atoms with Crippen molar-refractivity contribution in [2.24, 2.45) is 0 Å². The zero-order valence-corrected chi connectivity index (χ0v) is 15.4. The molecule has 0 aliphatic rings. The van der Waals surface area contributed by atoms with Gasteiger partial charge in [0.25, 0.3) is 11.8 Å². The number of carbonyl (C=O) groups is 2. The van der Waals surface area contributed by atoms with Crippen LogP contribution in [-0.4, -0.2) is 17.9 Å². The molecule has 24 heavy (non-hydrogen) atoms. The van der Waals surface area contributed by atoms with Crippen molar-refractivity contribution < 1.29 is 14.3 Å². The standard InChI is InChI=1S/C17H16BrClN2O3/c1-10-8-14(19)6-7-15(10)24-11(2)16(22)20-21-17(23)12-4-3-5-13(18)9-12/h3-9,11H,1-2H3,(H,20,22)(H,21,23)/t11-/m0/s1. The van der Waals surface area contributed by atoms with Crippen LogP contribution in [-0.2, 0) is 4.79 Å². The molecule has 0 spiro atoms. The number of halogens is 2. The lowest BCUT2D eigenvalue weighted by atomic mass is 10.2. The van der Waals surface area contributed by atoms with Crippen LogP contribution in [0.25, 0.3) is 0 Å². The van der Waals surface area contributed by atoms with Gasteiger partial charge >= 0.3 is 0 Å². The fraction of sp³-hybridized carbons (Fsp3) is 0.176. The van der Waals surface area contributed by atoms with Crippen molar-refractivity contribution in [2.75, 3.05) is 0 Å². The first-order valence-electron chi connectivity index (χ1n) is 7.15. The molecule has 2 N–H and O–H groups in total. The Morgan fingerprint density at radius 1 is 1.17 bits per heavy atom. The van der Waals surface area contributed by atoms with Crippen LogP contribution in [0.3, 0.4) is 0 Å². The first-order chi connectivity index (χ1) is 11.4. The second kappa shape index (κ2) is 8.17. The monoisotopic (exact) mass is 410 g/mol. The smallest absolute Gasteiger partial charge is 0.279 e. The SMILES string of the molecule is Cc1cc(Cl)ccc1O[C@@H](C)C(=O)NNC(=O)c1cccc(Br)c1. The molecule has 0 saturated carbocycles. The molecule has 0 radical (unpaired) electrons. The Labute approximate surface area is 153 Å². The van der Waals surface area contributed by atoms with E-state index in [1.807, 2.05) is 6.92 Å². The van der Waals surface area contributed by atoms with Gasteiger partial charge in [-0.3, -0.25) is 20.4 Å². The van der Waals surface area contributed by atoms with Crippen LogP contribution in [0, 0.1) is 6.92 Å². The number of hydrazine groups is 1. The Balaban J connectivity index is 1.90. The normalized spacial score (nSPS) is 11.5. The number of aryl methyl sites for hydroxylation is 1. The molecule has 0 fully saturated rings. The summed E-state index contributed by atoms with van der Waals surface area (Å²) in [5.41, 5.74) is 5.95. The second-order valence-corrected chi connectivity index (χ2v) is 6.48. The molecule has 126 valence electrons. The van der Waals surface area contributed by atoms with Crippen LogP contribution in [0.5, 0.6) is 5.75 Å². The van der Waals surface area contributed by atoms with Crippen LogP contribution in [0.1, 0.15) is 22.8 Å². The van der Waals surface area contributed by atoms with Gasteiger partial charge < -0.3 is 4.74 Å².